The molecule has 1 aliphatic heterocycles. The van der Waals surface area contributed by atoms with Crippen LogP contribution in [0.2, 0.25) is 0 Å². The van der Waals surface area contributed by atoms with Gasteiger partial charge in [-0.25, -0.2) is 0 Å². The predicted molar refractivity (Wildman–Crippen MR) is 73.0 cm³/mol. The van der Waals surface area contributed by atoms with Crippen LogP contribution in [0.25, 0.3) is 0 Å². The van der Waals surface area contributed by atoms with Crippen molar-refractivity contribution in [2.45, 2.75) is 64.5 Å². The predicted octanol–water partition coefficient (Wildman–Crippen LogP) is 1.99. The first kappa shape index (κ1) is 14.9. The second-order valence-electron chi connectivity index (χ2n) is 6.11. The van der Waals surface area contributed by atoms with Crippen molar-refractivity contribution >= 4 is 0 Å². The minimum absolute atomic E-state index is 0.0722. The fourth-order valence-electron chi connectivity index (χ4n) is 2.91. The first-order valence-electron chi connectivity index (χ1n) is 7.12. The zero-order chi connectivity index (χ0) is 12.9. The molecular weight excluding hydrogens is 212 g/mol. The molecule has 0 aliphatic carbocycles. The highest BCUT2D eigenvalue weighted by molar-refractivity contribution is 4.84. The topological polar surface area (TPSA) is 49.5 Å². The van der Waals surface area contributed by atoms with Crippen LogP contribution in [0.4, 0.5) is 0 Å². The Morgan fingerprint density at radius 3 is 2.71 bits per heavy atom. The zero-order valence-electron chi connectivity index (χ0n) is 11.8. The maximum absolute atomic E-state index is 9.23. The molecule has 1 rings (SSSR count). The van der Waals surface area contributed by atoms with Crippen molar-refractivity contribution in [3.8, 4) is 0 Å². The number of hydrogen-bond acceptors (Lipinski definition) is 3. The quantitative estimate of drug-likeness (QED) is 0.775. The minimum atomic E-state index is -0.435. The molecule has 3 nitrogen and oxygen atoms in total. The third-order valence-electron chi connectivity index (χ3n) is 4.21. The van der Waals surface area contributed by atoms with E-state index in [1.807, 2.05) is 6.92 Å². The van der Waals surface area contributed by atoms with Gasteiger partial charge in [-0.05, 0) is 58.5 Å². The summed E-state index contributed by atoms with van der Waals surface area (Å²) in [6.07, 6.45) is 6.19. The summed E-state index contributed by atoms with van der Waals surface area (Å²) in [5, 5.41) is 9.23. The monoisotopic (exact) mass is 242 g/mol. The second kappa shape index (κ2) is 6.72. The van der Waals surface area contributed by atoms with E-state index in [1.165, 1.54) is 38.8 Å². The number of aliphatic hydroxyl groups is 1. The number of rotatable bonds is 5. The molecule has 1 saturated heterocycles. The summed E-state index contributed by atoms with van der Waals surface area (Å²) in [6.45, 7) is 8.94. The molecule has 0 aromatic carbocycles. The Kier molecular flexibility index (Phi) is 5.90. The van der Waals surface area contributed by atoms with Gasteiger partial charge in [0.15, 0.2) is 0 Å². The Morgan fingerprint density at radius 1 is 1.41 bits per heavy atom. The lowest BCUT2D eigenvalue weighted by Crippen LogP contribution is -2.47. The van der Waals surface area contributed by atoms with Crippen molar-refractivity contribution in [3.63, 3.8) is 0 Å². The van der Waals surface area contributed by atoms with Crippen molar-refractivity contribution in [2.24, 2.45) is 11.7 Å². The van der Waals surface area contributed by atoms with Crippen LogP contribution in [-0.2, 0) is 0 Å². The molecule has 3 heteroatoms. The van der Waals surface area contributed by atoms with Crippen molar-refractivity contribution in [1.29, 1.82) is 0 Å². The van der Waals surface area contributed by atoms with E-state index in [2.05, 4.69) is 18.7 Å². The lowest BCUT2D eigenvalue weighted by molar-refractivity contribution is 0.138. The Morgan fingerprint density at radius 2 is 2.12 bits per heavy atom. The van der Waals surface area contributed by atoms with Crippen molar-refractivity contribution in [1.82, 2.24) is 4.90 Å². The zero-order valence-corrected chi connectivity index (χ0v) is 11.8. The molecule has 0 aromatic rings. The van der Waals surface area contributed by atoms with E-state index in [-0.39, 0.29) is 6.61 Å². The van der Waals surface area contributed by atoms with Crippen molar-refractivity contribution in [3.05, 3.63) is 0 Å². The van der Waals surface area contributed by atoms with Crippen LogP contribution in [-0.4, -0.2) is 41.3 Å². The van der Waals surface area contributed by atoms with Crippen LogP contribution < -0.4 is 5.73 Å². The van der Waals surface area contributed by atoms with E-state index in [0.29, 0.717) is 6.04 Å². The van der Waals surface area contributed by atoms with Gasteiger partial charge in [-0.15, -0.1) is 0 Å². The standard InChI is InChI=1S/C14H30N2O/c1-4-13-6-5-8-16(9-7-13)12(2)10-14(3,15)11-17/h12-13,17H,4-11,15H2,1-3H3. The average Bonchev–Trinajstić information content (AvgIpc) is 2.53. The highest BCUT2D eigenvalue weighted by Crippen LogP contribution is 2.23. The molecule has 1 heterocycles. The molecule has 1 fully saturated rings. The third kappa shape index (κ3) is 4.94. The normalized spacial score (nSPS) is 28.4. The lowest BCUT2D eigenvalue weighted by Gasteiger charge is -2.33. The van der Waals surface area contributed by atoms with Gasteiger partial charge in [0, 0.05) is 11.6 Å². The summed E-state index contributed by atoms with van der Waals surface area (Å²) in [4.78, 5) is 2.55. The highest BCUT2D eigenvalue weighted by atomic mass is 16.3. The Balaban J connectivity index is 2.44. The van der Waals surface area contributed by atoms with E-state index in [1.54, 1.807) is 0 Å². The van der Waals surface area contributed by atoms with Crippen LogP contribution in [0.1, 0.15) is 52.9 Å². The van der Waals surface area contributed by atoms with Crippen LogP contribution in [0.5, 0.6) is 0 Å². The van der Waals surface area contributed by atoms with E-state index in [4.69, 9.17) is 5.73 Å². The summed E-state index contributed by atoms with van der Waals surface area (Å²) in [7, 11) is 0. The van der Waals surface area contributed by atoms with Crippen LogP contribution in [0.15, 0.2) is 0 Å². The summed E-state index contributed by atoms with van der Waals surface area (Å²) in [5.74, 6) is 0.911. The van der Waals surface area contributed by atoms with Crippen LogP contribution in [0, 0.1) is 5.92 Å². The van der Waals surface area contributed by atoms with Gasteiger partial charge in [0.25, 0.3) is 0 Å². The number of likely N-dealkylation sites (tertiary alicyclic amines) is 1. The fourth-order valence-corrected chi connectivity index (χ4v) is 2.91. The summed E-state index contributed by atoms with van der Waals surface area (Å²) >= 11 is 0. The molecule has 3 atom stereocenters. The fraction of sp³-hybridized carbons (Fsp3) is 1.00. The van der Waals surface area contributed by atoms with E-state index < -0.39 is 5.54 Å². The molecule has 3 unspecified atom stereocenters. The molecule has 0 saturated carbocycles. The lowest BCUT2D eigenvalue weighted by atomic mass is 9.95. The number of nitrogens with zero attached hydrogens (tertiary/aromatic N) is 1. The number of hydrogen-bond donors (Lipinski definition) is 2. The largest absolute Gasteiger partial charge is 0.394 e. The maximum atomic E-state index is 9.23. The van der Waals surface area contributed by atoms with E-state index >= 15 is 0 Å². The van der Waals surface area contributed by atoms with Crippen molar-refractivity contribution in [2.75, 3.05) is 19.7 Å². The molecule has 0 amide bonds. The van der Waals surface area contributed by atoms with E-state index in [0.717, 1.165) is 12.3 Å². The summed E-state index contributed by atoms with van der Waals surface area (Å²) in [6, 6.07) is 0.479. The van der Waals surface area contributed by atoms with Gasteiger partial charge in [0.05, 0.1) is 6.61 Å². The number of nitrogens with two attached hydrogens (primary N) is 1. The number of aliphatic hydroxyl groups excluding tert-OH is 1. The van der Waals surface area contributed by atoms with Crippen LogP contribution >= 0.6 is 0 Å². The Bertz CT molecular complexity index is 218. The maximum Gasteiger partial charge on any atom is 0.0609 e. The van der Waals surface area contributed by atoms with Gasteiger partial charge >= 0.3 is 0 Å². The molecule has 0 spiro atoms. The summed E-state index contributed by atoms with van der Waals surface area (Å²) in [5.41, 5.74) is 5.60. The molecule has 0 aromatic heterocycles. The summed E-state index contributed by atoms with van der Waals surface area (Å²) < 4.78 is 0. The SMILES string of the molecule is CCC1CCCN(C(C)CC(C)(N)CO)CC1. The first-order chi connectivity index (χ1) is 7.98. The van der Waals surface area contributed by atoms with E-state index in [9.17, 15) is 5.11 Å². The smallest absolute Gasteiger partial charge is 0.0609 e. The molecule has 102 valence electrons. The Hall–Kier alpha value is -0.120. The molecule has 17 heavy (non-hydrogen) atoms. The molecule has 1 aliphatic rings. The molecule has 3 N–H and O–H groups in total. The van der Waals surface area contributed by atoms with Gasteiger partial charge in [0.2, 0.25) is 0 Å². The minimum Gasteiger partial charge on any atom is -0.394 e. The van der Waals surface area contributed by atoms with Gasteiger partial charge < -0.3 is 15.7 Å². The van der Waals surface area contributed by atoms with Gasteiger partial charge in [-0.2, -0.15) is 0 Å². The van der Waals surface area contributed by atoms with Gasteiger partial charge in [-0.1, -0.05) is 13.3 Å². The highest BCUT2D eigenvalue weighted by Gasteiger charge is 2.26. The van der Waals surface area contributed by atoms with Crippen molar-refractivity contribution < 1.29 is 5.11 Å². The van der Waals surface area contributed by atoms with Gasteiger partial charge in [-0.3, -0.25) is 0 Å². The Labute approximate surface area is 106 Å². The van der Waals surface area contributed by atoms with Gasteiger partial charge in [0.1, 0.15) is 0 Å². The molecular formula is C14H30N2O. The molecule has 0 bridgehead atoms. The average molecular weight is 242 g/mol. The molecule has 0 radical (unpaired) electrons. The third-order valence-corrected chi connectivity index (χ3v) is 4.21. The first-order valence-corrected chi connectivity index (χ1v) is 7.12. The second-order valence-corrected chi connectivity index (χ2v) is 6.11. The van der Waals surface area contributed by atoms with Crippen LogP contribution in [0.3, 0.4) is 0 Å².